The molecule has 0 spiro atoms. The first-order valence-corrected chi connectivity index (χ1v) is 7.25. The average Bonchev–Trinajstić information content (AvgIpc) is 2.73. The molecule has 0 bridgehead atoms. The quantitative estimate of drug-likeness (QED) is 0.789. The van der Waals surface area contributed by atoms with Crippen LogP contribution in [0.25, 0.3) is 0 Å². The predicted molar refractivity (Wildman–Crippen MR) is 69.6 cm³/mol. The highest BCUT2D eigenvalue weighted by Crippen LogP contribution is 2.30. The van der Waals surface area contributed by atoms with Crippen LogP contribution in [0.5, 0.6) is 0 Å². The number of likely N-dealkylation sites (tertiary alicyclic amines) is 1. The zero-order valence-electron chi connectivity index (χ0n) is 11.0. The molecule has 2 fully saturated rings. The number of piperidine rings is 1. The molecule has 0 radical (unpaired) electrons. The van der Waals surface area contributed by atoms with Crippen molar-refractivity contribution in [1.29, 1.82) is 0 Å². The average molecular weight is 224 g/mol. The molecule has 0 aromatic rings. The summed E-state index contributed by atoms with van der Waals surface area (Å²) in [7, 11) is 0. The third-order valence-electron chi connectivity index (χ3n) is 4.74. The molecule has 2 unspecified atom stereocenters. The normalized spacial score (nSPS) is 33.4. The van der Waals surface area contributed by atoms with E-state index in [1.165, 1.54) is 58.3 Å². The Hall–Kier alpha value is -0.0800. The van der Waals surface area contributed by atoms with E-state index in [0.717, 1.165) is 17.9 Å². The van der Waals surface area contributed by atoms with E-state index in [2.05, 4.69) is 24.1 Å². The van der Waals surface area contributed by atoms with Gasteiger partial charge in [0.2, 0.25) is 0 Å². The Kier molecular flexibility index (Phi) is 4.66. The lowest BCUT2D eigenvalue weighted by molar-refractivity contribution is 0.200. The molecule has 2 nitrogen and oxygen atoms in total. The van der Waals surface area contributed by atoms with Crippen molar-refractivity contribution in [2.75, 3.05) is 26.2 Å². The zero-order valence-corrected chi connectivity index (χ0v) is 11.0. The van der Waals surface area contributed by atoms with E-state index in [-0.39, 0.29) is 0 Å². The number of hydrogen-bond acceptors (Lipinski definition) is 2. The van der Waals surface area contributed by atoms with E-state index in [0.29, 0.717) is 0 Å². The summed E-state index contributed by atoms with van der Waals surface area (Å²) >= 11 is 0. The molecule has 2 atom stereocenters. The van der Waals surface area contributed by atoms with Gasteiger partial charge < -0.3 is 10.2 Å². The molecule has 0 aromatic heterocycles. The molecule has 0 aromatic carbocycles. The second-order valence-corrected chi connectivity index (χ2v) is 5.79. The molecule has 2 aliphatic rings. The van der Waals surface area contributed by atoms with Gasteiger partial charge in [0.15, 0.2) is 0 Å². The Balaban J connectivity index is 1.63. The molecule has 16 heavy (non-hydrogen) atoms. The van der Waals surface area contributed by atoms with E-state index in [1.807, 2.05) is 0 Å². The molecule has 1 saturated heterocycles. The van der Waals surface area contributed by atoms with Crippen molar-refractivity contribution in [2.24, 2.45) is 11.8 Å². The number of hydrogen-bond donors (Lipinski definition) is 1. The zero-order chi connectivity index (χ0) is 11.4. The molecule has 1 aliphatic heterocycles. The number of nitrogens with zero attached hydrogens (tertiary/aromatic N) is 1. The van der Waals surface area contributed by atoms with Crippen molar-refractivity contribution in [3.8, 4) is 0 Å². The molecular formula is C14H28N2. The summed E-state index contributed by atoms with van der Waals surface area (Å²) in [5.41, 5.74) is 0. The Bertz CT molecular complexity index is 197. The number of nitrogens with one attached hydrogen (secondary N) is 1. The van der Waals surface area contributed by atoms with Gasteiger partial charge in [0.25, 0.3) is 0 Å². The second-order valence-electron chi connectivity index (χ2n) is 5.79. The molecule has 1 aliphatic carbocycles. The Morgan fingerprint density at radius 1 is 1.12 bits per heavy atom. The van der Waals surface area contributed by atoms with Gasteiger partial charge >= 0.3 is 0 Å². The first-order chi connectivity index (χ1) is 7.79. The van der Waals surface area contributed by atoms with Crippen molar-refractivity contribution >= 4 is 0 Å². The summed E-state index contributed by atoms with van der Waals surface area (Å²) in [6.07, 6.45) is 7.09. The van der Waals surface area contributed by atoms with Crippen molar-refractivity contribution < 1.29 is 0 Å². The summed E-state index contributed by atoms with van der Waals surface area (Å²) in [6.45, 7) is 9.81. The highest BCUT2D eigenvalue weighted by atomic mass is 15.1. The van der Waals surface area contributed by atoms with E-state index < -0.39 is 0 Å². The summed E-state index contributed by atoms with van der Waals surface area (Å²) in [5.74, 6) is 1.92. The lowest BCUT2D eigenvalue weighted by Gasteiger charge is -2.32. The van der Waals surface area contributed by atoms with Gasteiger partial charge in [-0.25, -0.2) is 0 Å². The van der Waals surface area contributed by atoms with E-state index in [9.17, 15) is 0 Å². The lowest BCUT2D eigenvalue weighted by Crippen LogP contribution is -2.43. The van der Waals surface area contributed by atoms with Gasteiger partial charge in [-0.2, -0.15) is 0 Å². The molecular weight excluding hydrogens is 196 g/mol. The first-order valence-electron chi connectivity index (χ1n) is 7.25. The van der Waals surface area contributed by atoms with Crippen molar-refractivity contribution in [3.63, 3.8) is 0 Å². The third kappa shape index (κ3) is 3.21. The third-order valence-corrected chi connectivity index (χ3v) is 4.74. The minimum Gasteiger partial charge on any atom is -0.314 e. The van der Waals surface area contributed by atoms with Crippen LogP contribution >= 0.6 is 0 Å². The van der Waals surface area contributed by atoms with Crippen molar-refractivity contribution in [1.82, 2.24) is 10.2 Å². The fraction of sp³-hybridized carbons (Fsp3) is 1.00. The van der Waals surface area contributed by atoms with Crippen LogP contribution in [0.2, 0.25) is 0 Å². The van der Waals surface area contributed by atoms with Crippen LogP contribution in [-0.4, -0.2) is 37.1 Å². The second kappa shape index (κ2) is 6.02. The van der Waals surface area contributed by atoms with Gasteiger partial charge in [-0.1, -0.05) is 26.7 Å². The van der Waals surface area contributed by atoms with Gasteiger partial charge in [0.1, 0.15) is 0 Å². The summed E-state index contributed by atoms with van der Waals surface area (Å²) in [4.78, 5) is 2.57. The van der Waals surface area contributed by atoms with Crippen LogP contribution in [0.15, 0.2) is 0 Å². The predicted octanol–water partition coefficient (Wildman–Crippen LogP) is 2.50. The summed E-state index contributed by atoms with van der Waals surface area (Å²) in [5, 5.41) is 3.81. The van der Waals surface area contributed by atoms with Crippen molar-refractivity contribution in [3.05, 3.63) is 0 Å². The number of rotatable bonds is 4. The minimum atomic E-state index is 0.801. The van der Waals surface area contributed by atoms with Gasteiger partial charge in [-0.05, 0) is 57.3 Å². The molecule has 2 rings (SSSR count). The van der Waals surface area contributed by atoms with Gasteiger partial charge in [0, 0.05) is 6.04 Å². The Morgan fingerprint density at radius 2 is 1.88 bits per heavy atom. The van der Waals surface area contributed by atoms with Crippen molar-refractivity contribution in [2.45, 2.75) is 52.0 Å². The SMILES string of the molecule is CCN1CCC(NCC2CCCC2C)CC1. The minimum absolute atomic E-state index is 0.801. The van der Waals surface area contributed by atoms with Gasteiger partial charge in [-0.15, -0.1) is 0 Å². The first kappa shape index (κ1) is 12.4. The molecule has 0 amide bonds. The molecule has 1 N–H and O–H groups in total. The molecule has 2 heteroatoms. The van der Waals surface area contributed by atoms with Crippen LogP contribution in [0.4, 0.5) is 0 Å². The highest BCUT2D eigenvalue weighted by molar-refractivity contribution is 4.81. The monoisotopic (exact) mass is 224 g/mol. The summed E-state index contributed by atoms with van der Waals surface area (Å²) < 4.78 is 0. The smallest absolute Gasteiger partial charge is 0.00915 e. The van der Waals surface area contributed by atoms with Crippen LogP contribution in [0.1, 0.15) is 46.0 Å². The van der Waals surface area contributed by atoms with Crippen LogP contribution in [0, 0.1) is 11.8 Å². The van der Waals surface area contributed by atoms with E-state index in [4.69, 9.17) is 0 Å². The van der Waals surface area contributed by atoms with E-state index >= 15 is 0 Å². The maximum Gasteiger partial charge on any atom is 0.00915 e. The van der Waals surface area contributed by atoms with Gasteiger partial charge in [0.05, 0.1) is 0 Å². The molecule has 1 saturated carbocycles. The lowest BCUT2D eigenvalue weighted by atomic mass is 9.97. The fourth-order valence-electron chi connectivity index (χ4n) is 3.30. The van der Waals surface area contributed by atoms with Gasteiger partial charge in [-0.3, -0.25) is 0 Å². The molecule has 1 heterocycles. The van der Waals surface area contributed by atoms with Crippen LogP contribution < -0.4 is 5.32 Å². The standard InChI is InChI=1S/C14H28N2/c1-3-16-9-7-14(8-10-16)15-11-13-6-4-5-12(13)2/h12-15H,3-11H2,1-2H3. The van der Waals surface area contributed by atoms with E-state index in [1.54, 1.807) is 0 Å². The van der Waals surface area contributed by atoms with Crippen LogP contribution in [0.3, 0.4) is 0 Å². The molecule has 94 valence electrons. The largest absolute Gasteiger partial charge is 0.314 e. The highest BCUT2D eigenvalue weighted by Gasteiger charge is 2.24. The topological polar surface area (TPSA) is 15.3 Å². The summed E-state index contributed by atoms with van der Waals surface area (Å²) in [6, 6.07) is 0.801. The Morgan fingerprint density at radius 3 is 2.44 bits per heavy atom. The maximum absolute atomic E-state index is 3.81. The van der Waals surface area contributed by atoms with Crippen LogP contribution in [-0.2, 0) is 0 Å². The Labute approximate surface area is 101 Å². The fourth-order valence-corrected chi connectivity index (χ4v) is 3.30. The maximum atomic E-state index is 3.81.